The summed E-state index contributed by atoms with van der Waals surface area (Å²) in [6, 6.07) is 2.14. The molecule has 0 saturated carbocycles. The highest BCUT2D eigenvalue weighted by Gasteiger charge is 2.33. The van der Waals surface area contributed by atoms with Crippen LogP contribution in [-0.2, 0) is 6.18 Å². The molecule has 6 heteroatoms. The van der Waals surface area contributed by atoms with Crippen molar-refractivity contribution in [1.82, 2.24) is 0 Å². The van der Waals surface area contributed by atoms with Crippen molar-refractivity contribution in [3.8, 4) is 0 Å². The van der Waals surface area contributed by atoms with Crippen molar-refractivity contribution in [2.45, 2.75) is 6.18 Å². The molecule has 1 aromatic carbocycles. The SMILES string of the molecule is FC(F)(F)c1cc(Br)c(Cl)cc1Br. The van der Waals surface area contributed by atoms with Gasteiger partial charge in [-0.15, -0.1) is 0 Å². The van der Waals surface area contributed by atoms with Crippen molar-refractivity contribution in [2.24, 2.45) is 0 Å². The van der Waals surface area contributed by atoms with Crippen LogP contribution in [0.15, 0.2) is 21.1 Å². The maximum absolute atomic E-state index is 12.3. The molecule has 13 heavy (non-hydrogen) atoms. The van der Waals surface area contributed by atoms with Crippen LogP contribution in [-0.4, -0.2) is 0 Å². The molecule has 0 saturated heterocycles. The Bertz CT molecular complexity index is 335. The van der Waals surface area contributed by atoms with Crippen molar-refractivity contribution >= 4 is 43.5 Å². The van der Waals surface area contributed by atoms with Crippen LogP contribution >= 0.6 is 43.5 Å². The van der Waals surface area contributed by atoms with Gasteiger partial charge < -0.3 is 0 Å². The molecule has 0 nitrogen and oxygen atoms in total. The zero-order chi connectivity index (χ0) is 10.2. The molecule has 1 rings (SSSR count). The minimum absolute atomic E-state index is 0.0619. The summed E-state index contributed by atoms with van der Waals surface area (Å²) in [6.07, 6.45) is -4.37. The Morgan fingerprint density at radius 2 is 1.62 bits per heavy atom. The lowest BCUT2D eigenvalue weighted by Gasteiger charge is -2.09. The minimum Gasteiger partial charge on any atom is -0.166 e. The van der Waals surface area contributed by atoms with Gasteiger partial charge in [0.15, 0.2) is 0 Å². The normalized spacial score (nSPS) is 11.8. The molecule has 0 N–H and O–H groups in total. The van der Waals surface area contributed by atoms with E-state index < -0.39 is 11.7 Å². The summed E-state index contributed by atoms with van der Waals surface area (Å²) in [7, 11) is 0. The number of hydrogen-bond acceptors (Lipinski definition) is 0. The highest BCUT2D eigenvalue weighted by molar-refractivity contribution is 9.11. The Hall–Kier alpha value is 0.260. The fourth-order valence-corrected chi connectivity index (χ4v) is 1.95. The summed E-state index contributed by atoms with van der Waals surface area (Å²) in [5.74, 6) is 0. The van der Waals surface area contributed by atoms with Crippen molar-refractivity contribution in [1.29, 1.82) is 0 Å². The summed E-state index contributed by atoms with van der Waals surface area (Å²) in [5, 5.41) is 0.236. The van der Waals surface area contributed by atoms with Crippen LogP contribution < -0.4 is 0 Å². The molecule has 72 valence electrons. The molecule has 0 aliphatic heterocycles. The van der Waals surface area contributed by atoms with Crippen molar-refractivity contribution in [3.05, 3.63) is 31.7 Å². The van der Waals surface area contributed by atoms with E-state index in [-0.39, 0.29) is 14.0 Å². The quantitative estimate of drug-likeness (QED) is 0.591. The summed E-state index contributed by atoms with van der Waals surface area (Å²) in [6.45, 7) is 0. The van der Waals surface area contributed by atoms with Gasteiger partial charge in [-0.05, 0) is 28.1 Å². The monoisotopic (exact) mass is 336 g/mol. The van der Waals surface area contributed by atoms with Crippen LogP contribution in [0.4, 0.5) is 13.2 Å². The lowest BCUT2D eigenvalue weighted by molar-refractivity contribution is -0.138. The van der Waals surface area contributed by atoms with E-state index >= 15 is 0 Å². The van der Waals surface area contributed by atoms with Crippen LogP contribution in [0.25, 0.3) is 0 Å². The fourth-order valence-electron chi connectivity index (χ4n) is 0.740. The van der Waals surface area contributed by atoms with E-state index in [4.69, 9.17) is 11.6 Å². The van der Waals surface area contributed by atoms with Crippen molar-refractivity contribution < 1.29 is 13.2 Å². The van der Waals surface area contributed by atoms with Gasteiger partial charge in [-0.25, -0.2) is 0 Å². The first-order valence-electron chi connectivity index (χ1n) is 3.04. The molecular formula is C7H2Br2ClF3. The molecule has 0 unspecified atom stereocenters. The van der Waals surface area contributed by atoms with Gasteiger partial charge in [0.2, 0.25) is 0 Å². The zero-order valence-electron chi connectivity index (χ0n) is 5.92. The molecule has 0 aromatic heterocycles. The molecular weight excluding hydrogens is 336 g/mol. The molecule has 1 aromatic rings. The lowest BCUT2D eigenvalue weighted by atomic mass is 10.2. The van der Waals surface area contributed by atoms with Gasteiger partial charge in [-0.2, -0.15) is 13.2 Å². The zero-order valence-corrected chi connectivity index (χ0v) is 9.85. The second kappa shape index (κ2) is 3.79. The van der Waals surface area contributed by atoms with E-state index in [1.54, 1.807) is 0 Å². The number of halogens is 6. The van der Waals surface area contributed by atoms with Gasteiger partial charge in [-0.1, -0.05) is 27.5 Å². The maximum Gasteiger partial charge on any atom is 0.417 e. The summed E-state index contributed by atoms with van der Waals surface area (Å²) >= 11 is 11.3. The third-order valence-electron chi connectivity index (χ3n) is 1.32. The van der Waals surface area contributed by atoms with E-state index in [0.29, 0.717) is 0 Å². The van der Waals surface area contributed by atoms with Gasteiger partial charge in [0.25, 0.3) is 0 Å². The van der Waals surface area contributed by atoms with Crippen molar-refractivity contribution in [3.63, 3.8) is 0 Å². The Balaban J connectivity index is 3.32. The summed E-state index contributed by atoms with van der Waals surface area (Å²) in [4.78, 5) is 0. The topological polar surface area (TPSA) is 0 Å². The second-order valence-corrected chi connectivity index (χ2v) is 4.36. The average Bonchev–Trinajstić information content (AvgIpc) is 1.94. The Morgan fingerprint density at radius 3 is 2.08 bits per heavy atom. The van der Waals surface area contributed by atoms with Crippen LogP contribution in [0.2, 0.25) is 5.02 Å². The third kappa shape index (κ3) is 2.60. The molecule has 0 heterocycles. The van der Waals surface area contributed by atoms with Crippen LogP contribution in [0, 0.1) is 0 Å². The van der Waals surface area contributed by atoms with E-state index in [1.165, 1.54) is 6.07 Å². The minimum atomic E-state index is -4.37. The van der Waals surface area contributed by atoms with E-state index in [9.17, 15) is 13.2 Å². The largest absolute Gasteiger partial charge is 0.417 e. The number of alkyl halides is 3. The maximum atomic E-state index is 12.3. The Kier molecular flexibility index (Phi) is 3.30. The summed E-state index contributed by atoms with van der Waals surface area (Å²) in [5.41, 5.74) is -0.747. The highest BCUT2D eigenvalue weighted by atomic mass is 79.9. The van der Waals surface area contributed by atoms with Crippen LogP contribution in [0.1, 0.15) is 5.56 Å². The molecule has 0 radical (unpaired) electrons. The first-order valence-corrected chi connectivity index (χ1v) is 5.00. The fraction of sp³-hybridized carbons (Fsp3) is 0.143. The first kappa shape index (κ1) is 11.3. The van der Waals surface area contributed by atoms with Gasteiger partial charge >= 0.3 is 6.18 Å². The van der Waals surface area contributed by atoms with E-state index in [0.717, 1.165) is 6.07 Å². The third-order valence-corrected chi connectivity index (χ3v) is 3.17. The van der Waals surface area contributed by atoms with Crippen molar-refractivity contribution in [2.75, 3.05) is 0 Å². The molecule has 0 fully saturated rings. The molecule has 0 bridgehead atoms. The molecule has 0 atom stereocenters. The summed E-state index contributed by atoms with van der Waals surface area (Å²) < 4.78 is 37.0. The van der Waals surface area contributed by atoms with Gasteiger partial charge in [0.05, 0.1) is 10.6 Å². The van der Waals surface area contributed by atoms with Gasteiger partial charge in [0.1, 0.15) is 0 Å². The smallest absolute Gasteiger partial charge is 0.166 e. The number of rotatable bonds is 0. The highest BCUT2D eigenvalue weighted by Crippen LogP contribution is 2.39. The van der Waals surface area contributed by atoms with Crippen LogP contribution in [0.5, 0.6) is 0 Å². The standard InChI is InChI=1S/C7H2Br2ClF3/c8-4-2-6(10)5(9)1-3(4)7(11,12)13/h1-2H. The molecule has 0 spiro atoms. The lowest BCUT2D eigenvalue weighted by Crippen LogP contribution is -2.05. The average molecular weight is 338 g/mol. The van der Waals surface area contributed by atoms with E-state index in [1.807, 2.05) is 0 Å². The molecule has 0 aliphatic carbocycles. The molecule has 0 amide bonds. The number of benzene rings is 1. The number of hydrogen-bond donors (Lipinski definition) is 0. The first-order chi connectivity index (χ1) is 5.82. The van der Waals surface area contributed by atoms with Gasteiger partial charge in [0, 0.05) is 8.95 Å². The predicted octanol–water partition coefficient (Wildman–Crippen LogP) is 4.88. The van der Waals surface area contributed by atoms with E-state index in [2.05, 4.69) is 31.9 Å². The Morgan fingerprint density at radius 1 is 1.08 bits per heavy atom. The Labute approximate surface area is 94.3 Å². The molecule has 0 aliphatic rings. The van der Waals surface area contributed by atoms with Crippen LogP contribution in [0.3, 0.4) is 0 Å². The van der Waals surface area contributed by atoms with Gasteiger partial charge in [-0.3, -0.25) is 0 Å². The second-order valence-electron chi connectivity index (χ2n) is 2.24. The predicted molar refractivity (Wildman–Crippen MR) is 51.9 cm³/mol.